The molecule has 3 N–H and O–H groups in total. The summed E-state index contributed by atoms with van der Waals surface area (Å²) >= 11 is 0. The molecule has 0 aromatic heterocycles. The molecule has 1 rings (SSSR count). The van der Waals surface area contributed by atoms with Crippen LogP contribution in [0.2, 0.25) is 0 Å². The number of benzene rings is 1. The molecule has 0 spiro atoms. The van der Waals surface area contributed by atoms with Gasteiger partial charge in [-0.2, -0.15) is 0 Å². The minimum atomic E-state index is -0.0149. The standard InChI is InChI=1S/C19H33N3O2/c1-4-9-16(12-13-23)14-21-19(20-5-2)22-15-18(24-3)17-10-7-6-8-11-17/h6-8,10-11,16,18,23H,4-5,9,12-15H2,1-3H3,(H2,20,21,22). The molecule has 2 unspecified atom stereocenters. The molecule has 136 valence electrons. The second-order valence-corrected chi connectivity index (χ2v) is 5.90. The molecule has 0 fully saturated rings. The summed E-state index contributed by atoms with van der Waals surface area (Å²) in [6, 6.07) is 10.2. The number of nitrogens with one attached hydrogen (secondary N) is 2. The first-order valence-corrected chi connectivity index (χ1v) is 8.95. The summed E-state index contributed by atoms with van der Waals surface area (Å²) in [5.41, 5.74) is 1.15. The van der Waals surface area contributed by atoms with Crippen LogP contribution in [0.3, 0.4) is 0 Å². The molecule has 1 aromatic carbocycles. The van der Waals surface area contributed by atoms with Gasteiger partial charge < -0.3 is 20.5 Å². The summed E-state index contributed by atoms with van der Waals surface area (Å²) in [4.78, 5) is 4.68. The van der Waals surface area contributed by atoms with E-state index in [1.807, 2.05) is 18.2 Å². The van der Waals surface area contributed by atoms with E-state index < -0.39 is 0 Å². The SMILES string of the molecule is CCCC(CCO)CN=C(NCC)NCC(OC)c1ccccc1. The molecule has 0 aliphatic heterocycles. The van der Waals surface area contributed by atoms with E-state index >= 15 is 0 Å². The van der Waals surface area contributed by atoms with Crippen LogP contribution >= 0.6 is 0 Å². The van der Waals surface area contributed by atoms with Gasteiger partial charge in [-0.05, 0) is 31.2 Å². The van der Waals surface area contributed by atoms with Crippen LogP contribution in [0.5, 0.6) is 0 Å². The van der Waals surface area contributed by atoms with Gasteiger partial charge in [-0.15, -0.1) is 0 Å². The molecule has 0 aliphatic carbocycles. The molecule has 0 radical (unpaired) electrons. The Morgan fingerprint density at radius 3 is 2.50 bits per heavy atom. The third-order valence-corrected chi connectivity index (χ3v) is 4.00. The van der Waals surface area contributed by atoms with Crippen LogP contribution in [0.25, 0.3) is 0 Å². The molecule has 0 amide bonds. The molecule has 0 heterocycles. The smallest absolute Gasteiger partial charge is 0.191 e. The Bertz CT molecular complexity index is 445. The lowest BCUT2D eigenvalue weighted by atomic mass is 10.0. The van der Waals surface area contributed by atoms with Crippen molar-refractivity contribution in [1.82, 2.24) is 10.6 Å². The minimum absolute atomic E-state index is 0.0149. The molecular weight excluding hydrogens is 302 g/mol. The summed E-state index contributed by atoms with van der Waals surface area (Å²) in [5, 5.41) is 15.8. The van der Waals surface area contributed by atoms with Gasteiger partial charge in [-0.1, -0.05) is 43.7 Å². The Hall–Kier alpha value is -1.59. The van der Waals surface area contributed by atoms with Crippen LogP contribution in [0.1, 0.15) is 44.8 Å². The maximum absolute atomic E-state index is 9.17. The zero-order chi connectivity index (χ0) is 17.6. The van der Waals surface area contributed by atoms with Gasteiger partial charge in [-0.25, -0.2) is 0 Å². The molecule has 0 bridgehead atoms. The molecule has 0 saturated carbocycles. The summed E-state index contributed by atoms with van der Waals surface area (Å²) < 4.78 is 5.59. The monoisotopic (exact) mass is 335 g/mol. The van der Waals surface area contributed by atoms with Crippen LogP contribution < -0.4 is 10.6 Å². The second kappa shape index (κ2) is 12.8. The number of rotatable bonds is 11. The van der Waals surface area contributed by atoms with Crippen LogP contribution in [0.15, 0.2) is 35.3 Å². The van der Waals surface area contributed by atoms with Crippen molar-refractivity contribution in [1.29, 1.82) is 0 Å². The van der Waals surface area contributed by atoms with Crippen molar-refractivity contribution in [2.45, 2.75) is 39.2 Å². The van der Waals surface area contributed by atoms with Crippen molar-refractivity contribution in [3.05, 3.63) is 35.9 Å². The maximum Gasteiger partial charge on any atom is 0.191 e. The highest BCUT2D eigenvalue weighted by Crippen LogP contribution is 2.15. The third kappa shape index (κ3) is 7.79. The van der Waals surface area contributed by atoms with Gasteiger partial charge in [0.25, 0.3) is 0 Å². The quantitative estimate of drug-likeness (QED) is 0.430. The highest BCUT2D eigenvalue weighted by atomic mass is 16.5. The van der Waals surface area contributed by atoms with E-state index in [4.69, 9.17) is 9.84 Å². The van der Waals surface area contributed by atoms with E-state index in [1.54, 1.807) is 7.11 Å². The highest BCUT2D eigenvalue weighted by molar-refractivity contribution is 5.79. The van der Waals surface area contributed by atoms with E-state index in [9.17, 15) is 0 Å². The van der Waals surface area contributed by atoms with Crippen LogP contribution in [0.4, 0.5) is 0 Å². The molecule has 2 atom stereocenters. The van der Waals surface area contributed by atoms with Crippen molar-refractivity contribution < 1.29 is 9.84 Å². The Balaban J connectivity index is 2.61. The van der Waals surface area contributed by atoms with E-state index in [0.29, 0.717) is 12.5 Å². The van der Waals surface area contributed by atoms with Gasteiger partial charge in [0.05, 0.1) is 6.10 Å². The van der Waals surface area contributed by atoms with Gasteiger partial charge in [-0.3, -0.25) is 4.99 Å². The second-order valence-electron chi connectivity index (χ2n) is 5.90. The first kappa shape index (κ1) is 20.5. The van der Waals surface area contributed by atoms with Gasteiger partial charge in [0, 0.05) is 33.4 Å². The van der Waals surface area contributed by atoms with E-state index in [1.165, 1.54) is 0 Å². The fraction of sp³-hybridized carbons (Fsp3) is 0.632. The number of guanidine groups is 1. The molecule has 0 saturated heterocycles. The van der Waals surface area contributed by atoms with E-state index in [2.05, 4.69) is 41.6 Å². The normalized spacial score (nSPS) is 14.2. The first-order valence-electron chi connectivity index (χ1n) is 8.95. The lowest BCUT2D eigenvalue weighted by molar-refractivity contribution is 0.106. The van der Waals surface area contributed by atoms with Crippen LogP contribution in [-0.4, -0.2) is 44.4 Å². The number of aliphatic hydroxyl groups is 1. The maximum atomic E-state index is 9.17. The Morgan fingerprint density at radius 2 is 1.92 bits per heavy atom. The number of aliphatic hydroxyl groups excluding tert-OH is 1. The van der Waals surface area contributed by atoms with Crippen LogP contribution in [0, 0.1) is 5.92 Å². The zero-order valence-electron chi connectivity index (χ0n) is 15.3. The van der Waals surface area contributed by atoms with Crippen molar-refractivity contribution in [2.75, 3.05) is 33.4 Å². The number of hydrogen-bond acceptors (Lipinski definition) is 3. The zero-order valence-corrected chi connectivity index (χ0v) is 15.3. The highest BCUT2D eigenvalue weighted by Gasteiger charge is 2.11. The lowest BCUT2D eigenvalue weighted by Gasteiger charge is -2.19. The molecular formula is C19H33N3O2. The van der Waals surface area contributed by atoms with Gasteiger partial charge in [0.2, 0.25) is 0 Å². The van der Waals surface area contributed by atoms with Crippen molar-refractivity contribution in [3.8, 4) is 0 Å². The Kier molecular flexibility index (Phi) is 10.9. The fourth-order valence-corrected chi connectivity index (χ4v) is 2.67. The minimum Gasteiger partial charge on any atom is -0.396 e. The Morgan fingerprint density at radius 1 is 1.17 bits per heavy atom. The van der Waals surface area contributed by atoms with E-state index in [-0.39, 0.29) is 12.7 Å². The molecule has 24 heavy (non-hydrogen) atoms. The van der Waals surface area contributed by atoms with E-state index in [0.717, 1.165) is 43.9 Å². The predicted molar refractivity (Wildman–Crippen MR) is 100 cm³/mol. The van der Waals surface area contributed by atoms with Crippen molar-refractivity contribution in [2.24, 2.45) is 10.9 Å². The fourth-order valence-electron chi connectivity index (χ4n) is 2.67. The topological polar surface area (TPSA) is 65.9 Å². The molecule has 1 aromatic rings. The van der Waals surface area contributed by atoms with Crippen molar-refractivity contribution in [3.63, 3.8) is 0 Å². The number of ether oxygens (including phenoxy) is 1. The first-order chi connectivity index (χ1) is 11.7. The van der Waals surface area contributed by atoms with Crippen LogP contribution in [-0.2, 0) is 4.74 Å². The molecule has 5 nitrogen and oxygen atoms in total. The average molecular weight is 335 g/mol. The summed E-state index contributed by atoms with van der Waals surface area (Å²) in [5.74, 6) is 1.23. The summed E-state index contributed by atoms with van der Waals surface area (Å²) in [6.45, 7) is 6.65. The summed E-state index contributed by atoms with van der Waals surface area (Å²) in [6.07, 6.45) is 3.00. The Labute approximate surface area is 146 Å². The molecule has 5 heteroatoms. The summed E-state index contributed by atoms with van der Waals surface area (Å²) in [7, 11) is 1.72. The lowest BCUT2D eigenvalue weighted by Crippen LogP contribution is -2.40. The molecule has 0 aliphatic rings. The number of nitrogens with zero attached hydrogens (tertiary/aromatic N) is 1. The number of methoxy groups -OCH3 is 1. The predicted octanol–water partition coefficient (Wildman–Crippen LogP) is 2.73. The third-order valence-electron chi connectivity index (χ3n) is 4.00. The largest absolute Gasteiger partial charge is 0.396 e. The van der Waals surface area contributed by atoms with Gasteiger partial charge >= 0.3 is 0 Å². The van der Waals surface area contributed by atoms with Gasteiger partial charge in [0.1, 0.15) is 0 Å². The van der Waals surface area contributed by atoms with Gasteiger partial charge in [0.15, 0.2) is 5.96 Å². The average Bonchev–Trinajstić information content (AvgIpc) is 2.61. The number of hydrogen-bond donors (Lipinski definition) is 3. The van der Waals surface area contributed by atoms with Crippen molar-refractivity contribution >= 4 is 5.96 Å². The number of aliphatic imine (C=N–C) groups is 1.